The van der Waals surface area contributed by atoms with E-state index in [1.165, 1.54) is 47.4 Å². The Morgan fingerprint density at radius 2 is 1.89 bits per heavy atom. The van der Waals surface area contributed by atoms with E-state index >= 15 is 0 Å². The highest BCUT2D eigenvalue weighted by Gasteiger charge is 2.13. The van der Waals surface area contributed by atoms with Gasteiger partial charge < -0.3 is 10.6 Å². The summed E-state index contributed by atoms with van der Waals surface area (Å²) < 4.78 is 13.8. The van der Waals surface area contributed by atoms with Gasteiger partial charge in [-0.1, -0.05) is 64.0 Å². The number of nitrogens with one attached hydrogen (secondary N) is 2. The lowest BCUT2D eigenvalue weighted by Crippen LogP contribution is -2.14. The van der Waals surface area contributed by atoms with Gasteiger partial charge in [0.2, 0.25) is 11.0 Å². The number of hydrogen-bond acceptors (Lipinski definition) is 6. The number of rotatable bonds is 6. The first kappa shape index (κ1) is 20.2. The normalized spacial score (nSPS) is 10.7. The van der Waals surface area contributed by atoms with E-state index in [1.807, 2.05) is 0 Å². The van der Waals surface area contributed by atoms with E-state index in [0.29, 0.717) is 25.9 Å². The Bertz CT molecular complexity index is 963. The number of nitrogens with zero attached hydrogens (tertiary/aromatic N) is 2. The van der Waals surface area contributed by atoms with Crippen LogP contribution in [0.2, 0.25) is 15.1 Å². The van der Waals surface area contributed by atoms with Gasteiger partial charge in [-0.25, -0.2) is 4.39 Å². The summed E-state index contributed by atoms with van der Waals surface area (Å²) in [6.07, 6.45) is 0. The second kappa shape index (κ2) is 9.07. The molecule has 5 nitrogen and oxygen atoms in total. The topological polar surface area (TPSA) is 66.9 Å². The van der Waals surface area contributed by atoms with E-state index in [1.54, 1.807) is 12.1 Å². The molecule has 0 fully saturated rings. The van der Waals surface area contributed by atoms with Gasteiger partial charge >= 0.3 is 0 Å². The first-order chi connectivity index (χ1) is 12.9. The highest BCUT2D eigenvalue weighted by atomic mass is 35.5. The summed E-state index contributed by atoms with van der Waals surface area (Å²) in [6, 6.07) is 8.99. The summed E-state index contributed by atoms with van der Waals surface area (Å²) in [6.45, 7) is 0. The maximum absolute atomic E-state index is 13.2. The Balaban J connectivity index is 1.56. The van der Waals surface area contributed by atoms with Crippen LogP contribution in [0.3, 0.4) is 0 Å². The molecule has 27 heavy (non-hydrogen) atoms. The molecule has 2 aromatic carbocycles. The SMILES string of the molecule is O=C(CSc1nnc(Nc2cccc(F)c2)s1)Nc1c(Cl)cc(Cl)cc1Cl. The first-order valence-corrected chi connectivity index (χ1v) is 10.3. The Kier molecular flexibility index (Phi) is 6.78. The number of carbonyl (C=O) groups excluding carboxylic acids is 1. The van der Waals surface area contributed by atoms with Crippen molar-refractivity contribution in [3.8, 4) is 0 Å². The van der Waals surface area contributed by atoms with Gasteiger partial charge in [0, 0.05) is 10.7 Å². The number of hydrogen-bond donors (Lipinski definition) is 2. The number of anilines is 3. The number of amides is 1. The Hall–Kier alpha value is -1.58. The molecular weight excluding hydrogens is 454 g/mol. The number of aromatic nitrogens is 2. The summed E-state index contributed by atoms with van der Waals surface area (Å²) in [5, 5.41) is 14.9. The van der Waals surface area contributed by atoms with Crippen LogP contribution in [-0.2, 0) is 4.79 Å². The van der Waals surface area contributed by atoms with Crippen LogP contribution in [0.5, 0.6) is 0 Å². The highest BCUT2D eigenvalue weighted by Crippen LogP contribution is 2.34. The van der Waals surface area contributed by atoms with Gasteiger partial charge in [0.1, 0.15) is 5.82 Å². The number of thioether (sulfide) groups is 1. The van der Waals surface area contributed by atoms with Crippen molar-refractivity contribution in [1.82, 2.24) is 10.2 Å². The molecule has 0 aliphatic heterocycles. The van der Waals surface area contributed by atoms with Crippen LogP contribution in [0.1, 0.15) is 0 Å². The lowest BCUT2D eigenvalue weighted by Gasteiger charge is -2.09. The van der Waals surface area contributed by atoms with E-state index in [0.717, 1.165) is 0 Å². The van der Waals surface area contributed by atoms with Crippen molar-refractivity contribution in [3.05, 3.63) is 57.3 Å². The van der Waals surface area contributed by atoms with E-state index in [9.17, 15) is 9.18 Å². The molecule has 140 valence electrons. The summed E-state index contributed by atoms with van der Waals surface area (Å²) in [4.78, 5) is 12.1. The van der Waals surface area contributed by atoms with E-state index in [4.69, 9.17) is 34.8 Å². The van der Waals surface area contributed by atoms with Gasteiger partial charge in [-0.05, 0) is 30.3 Å². The summed E-state index contributed by atoms with van der Waals surface area (Å²) in [5.74, 6) is -0.569. The van der Waals surface area contributed by atoms with Crippen LogP contribution in [0.4, 0.5) is 20.9 Å². The second-order valence-electron chi connectivity index (χ2n) is 5.09. The summed E-state index contributed by atoms with van der Waals surface area (Å²) in [5.41, 5.74) is 0.867. The maximum atomic E-state index is 13.2. The largest absolute Gasteiger partial charge is 0.330 e. The minimum Gasteiger partial charge on any atom is -0.330 e. The van der Waals surface area contributed by atoms with Crippen LogP contribution in [0, 0.1) is 5.82 Å². The zero-order valence-electron chi connectivity index (χ0n) is 13.3. The van der Waals surface area contributed by atoms with Crippen molar-refractivity contribution < 1.29 is 9.18 Å². The average molecular weight is 464 g/mol. The standard InChI is InChI=1S/C16H10Cl3FN4OS2/c17-8-4-11(18)14(12(19)5-8)22-13(25)7-26-16-24-23-15(27-16)21-10-3-1-2-9(20)6-10/h1-6H,7H2,(H,21,23)(H,22,25). The molecule has 0 spiro atoms. The fourth-order valence-corrected chi connectivity index (χ4v) is 4.46. The molecular formula is C16H10Cl3FN4OS2. The molecule has 3 aromatic rings. The molecule has 0 radical (unpaired) electrons. The summed E-state index contributed by atoms with van der Waals surface area (Å²) >= 11 is 20.4. The fraction of sp³-hybridized carbons (Fsp3) is 0.0625. The van der Waals surface area contributed by atoms with Crippen molar-refractivity contribution >= 4 is 80.3 Å². The number of benzene rings is 2. The van der Waals surface area contributed by atoms with Crippen LogP contribution >= 0.6 is 57.9 Å². The van der Waals surface area contributed by atoms with Gasteiger partial charge in [-0.15, -0.1) is 10.2 Å². The Morgan fingerprint density at radius 3 is 2.59 bits per heavy atom. The Labute approximate surface area is 177 Å². The van der Waals surface area contributed by atoms with Crippen LogP contribution in [0.25, 0.3) is 0 Å². The van der Waals surface area contributed by atoms with E-state index in [2.05, 4.69) is 20.8 Å². The molecule has 0 atom stereocenters. The molecule has 1 amide bonds. The molecule has 11 heteroatoms. The Morgan fingerprint density at radius 1 is 1.15 bits per heavy atom. The third-order valence-electron chi connectivity index (χ3n) is 3.08. The predicted octanol–water partition coefficient (Wildman–Crippen LogP) is 6.11. The molecule has 0 bridgehead atoms. The third kappa shape index (κ3) is 5.70. The zero-order valence-corrected chi connectivity index (χ0v) is 17.2. The maximum Gasteiger partial charge on any atom is 0.234 e. The van der Waals surface area contributed by atoms with Crippen LogP contribution in [-0.4, -0.2) is 21.9 Å². The third-order valence-corrected chi connectivity index (χ3v) is 5.87. The fourth-order valence-electron chi connectivity index (χ4n) is 1.97. The minimum atomic E-state index is -0.352. The van der Waals surface area contributed by atoms with Crippen molar-refractivity contribution in [2.24, 2.45) is 0 Å². The van der Waals surface area contributed by atoms with Gasteiger partial charge in [0.25, 0.3) is 0 Å². The van der Waals surface area contributed by atoms with E-state index in [-0.39, 0.29) is 27.5 Å². The molecule has 0 unspecified atom stereocenters. The number of halogens is 4. The molecule has 3 rings (SSSR count). The molecule has 0 aliphatic carbocycles. The van der Waals surface area contributed by atoms with Crippen molar-refractivity contribution in [2.75, 3.05) is 16.4 Å². The smallest absolute Gasteiger partial charge is 0.234 e. The molecule has 0 aliphatic rings. The molecule has 1 heterocycles. The quantitative estimate of drug-likeness (QED) is 0.432. The second-order valence-corrected chi connectivity index (χ2v) is 8.54. The van der Waals surface area contributed by atoms with Gasteiger partial charge in [-0.3, -0.25) is 4.79 Å². The first-order valence-electron chi connectivity index (χ1n) is 7.34. The van der Waals surface area contributed by atoms with E-state index < -0.39 is 0 Å². The van der Waals surface area contributed by atoms with Crippen LogP contribution < -0.4 is 10.6 Å². The zero-order chi connectivity index (χ0) is 19.4. The number of carbonyl (C=O) groups is 1. The van der Waals surface area contributed by atoms with Gasteiger partial charge in [0.05, 0.1) is 21.5 Å². The molecule has 1 aromatic heterocycles. The minimum absolute atomic E-state index is 0.0872. The van der Waals surface area contributed by atoms with Crippen molar-refractivity contribution in [3.63, 3.8) is 0 Å². The molecule has 0 saturated carbocycles. The van der Waals surface area contributed by atoms with Gasteiger partial charge in [0.15, 0.2) is 4.34 Å². The lowest BCUT2D eigenvalue weighted by atomic mass is 10.3. The molecule has 0 saturated heterocycles. The lowest BCUT2D eigenvalue weighted by molar-refractivity contribution is -0.113. The average Bonchev–Trinajstić information content (AvgIpc) is 3.03. The van der Waals surface area contributed by atoms with Crippen molar-refractivity contribution in [2.45, 2.75) is 4.34 Å². The molecule has 2 N–H and O–H groups in total. The highest BCUT2D eigenvalue weighted by molar-refractivity contribution is 8.01. The predicted molar refractivity (Wildman–Crippen MR) is 110 cm³/mol. The monoisotopic (exact) mass is 462 g/mol. The summed E-state index contributed by atoms with van der Waals surface area (Å²) in [7, 11) is 0. The van der Waals surface area contributed by atoms with Crippen LogP contribution in [0.15, 0.2) is 40.7 Å². The van der Waals surface area contributed by atoms with Crippen molar-refractivity contribution in [1.29, 1.82) is 0 Å². The van der Waals surface area contributed by atoms with Gasteiger partial charge in [-0.2, -0.15) is 0 Å².